The largest absolute Gasteiger partial charge is 0.490 e. The maximum Gasteiger partial charge on any atom is 0.349 e. The molecule has 0 saturated carbocycles. The fraction of sp³-hybridized carbons (Fsp3) is 0.222. The normalized spacial score (nSPS) is 10.9. The van der Waals surface area contributed by atoms with Gasteiger partial charge in [0.05, 0.1) is 19.4 Å². The van der Waals surface area contributed by atoms with Crippen LogP contribution in [0.1, 0.15) is 29.4 Å². The van der Waals surface area contributed by atoms with Gasteiger partial charge in [-0.1, -0.05) is 18.2 Å². The molecule has 0 fully saturated rings. The Balaban J connectivity index is 1.68. The van der Waals surface area contributed by atoms with Crippen molar-refractivity contribution in [3.05, 3.63) is 82.8 Å². The highest BCUT2D eigenvalue weighted by Crippen LogP contribution is 2.30. The van der Waals surface area contributed by atoms with Gasteiger partial charge in [0.25, 0.3) is 5.91 Å². The number of furan rings is 1. The Morgan fingerprint density at radius 2 is 1.89 bits per heavy atom. The number of hydrogen-bond acceptors (Lipinski definition) is 7. The molecule has 0 bridgehead atoms. The Labute approximate surface area is 203 Å². The summed E-state index contributed by atoms with van der Waals surface area (Å²) >= 11 is 0. The molecule has 0 aliphatic carbocycles. The first-order valence-electron chi connectivity index (χ1n) is 11.0. The third-order valence-corrected chi connectivity index (χ3v) is 5.07. The zero-order valence-corrected chi connectivity index (χ0v) is 19.8. The average molecular weight is 475 g/mol. The van der Waals surface area contributed by atoms with Crippen LogP contribution in [0.25, 0.3) is 6.08 Å². The molecule has 35 heavy (non-hydrogen) atoms. The van der Waals surface area contributed by atoms with E-state index in [2.05, 4.69) is 5.32 Å². The van der Waals surface area contributed by atoms with Gasteiger partial charge in [-0.15, -0.1) is 0 Å². The Hall–Kier alpha value is -4.51. The van der Waals surface area contributed by atoms with E-state index in [0.717, 1.165) is 11.1 Å². The Bertz CT molecular complexity index is 1260. The number of carbonyl (C=O) groups excluding carboxylic acids is 2. The van der Waals surface area contributed by atoms with Gasteiger partial charge in [0.1, 0.15) is 23.2 Å². The highest BCUT2D eigenvalue weighted by molar-refractivity contribution is 6.01. The minimum Gasteiger partial charge on any atom is -0.490 e. The second-order valence-corrected chi connectivity index (χ2v) is 7.53. The lowest BCUT2D eigenvalue weighted by atomic mass is 10.1. The molecule has 180 valence electrons. The maximum absolute atomic E-state index is 12.4. The number of nitrogens with zero attached hydrogens (tertiary/aromatic N) is 1. The first-order valence-corrected chi connectivity index (χ1v) is 11.0. The van der Waals surface area contributed by atoms with E-state index in [-0.39, 0.29) is 24.5 Å². The van der Waals surface area contributed by atoms with Gasteiger partial charge in [-0.2, -0.15) is 5.26 Å². The first kappa shape index (κ1) is 25.1. The summed E-state index contributed by atoms with van der Waals surface area (Å²) in [6.45, 7) is 5.89. The smallest absolute Gasteiger partial charge is 0.349 e. The summed E-state index contributed by atoms with van der Waals surface area (Å²) in [6.07, 6.45) is 2.93. The van der Waals surface area contributed by atoms with Crippen LogP contribution in [-0.4, -0.2) is 25.1 Å². The Kier molecular flexibility index (Phi) is 8.68. The molecule has 0 aliphatic rings. The molecule has 1 amide bonds. The van der Waals surface area contributed by atoms with Crippen molar-refractivity contribution in [3.8, 4) is 23.3 Å². The minimum atomic E-state index is -0.592. The summed E-state index contributed by atoms with van der Waals surface area (Å²) in [5, 5.41) is 12.1. The molecule has 8 nitrogen and oxygen atoms in total. The number of ether oxygens (including phenoxy) is 3. The van der Waals surface area contributed by atoms with Gasteiger partial charge in [0.2, 0.25) is 0 Å². The van der Waals surface area contributed by atoms with E-state index in [9.17, 15) is 14.9 Å². The van der Waals surface area contributed by atoms with E-state index in [4.69, 9.17) is 18.6 Å². The second kappa shape index (κ2) is 12.1. The number of carbonyl (C=O) groups is 2. The van der Waals surface area contributed by atoms with Crippen molar-refractivity contribution in [2.45, 2.75) is 27.3 Å². The summed E-state index contributed by atoms with van der Waals surface area (Å²) in [5.74, 6) is 0.559. The van der Waals surface area contributed by atoms with E-state index >= 15 is 0 Å². The molecule has 3 aromatic rings. The van der Waals surface area contributed by atoms with Crippen molar-refractivity contribution >= 4 is 18.0 Å². The number of nitriles is 1. The van der Waals surface area contributed by atoms with E-state index in [0.29, 0.717) is 29.4 Å². The van der Waals surface area contributed by atoms with Crippen LogP contribution >= 0.6 is 0 Å². The van der Waals surface area contributed by atoms with Gasteiger partial charge in [-0.05, 0) is 73.9 Å². The van der Waals surface area contributed by atoms with Crippen LogP contribution in [0.4, 0.5) is 0 Å². The van der Waals surface area contributed by atoms with Crippen LogP contribution in [0.15, 0.2) is 64.8 Å². The molecule has 0 unspecified atom stereocenters. The minimum absolute atomic E-state index is 0.0920. The predicted octanol–water partition coefficient (Wildman–Crippen LogP) is 4.50. The summed E-state index contributed by atoms with van der Waals surface area (Å²) in [6, 6.07) is 15.7. The molecule has 1 aromatic heterocycles. The van der Waals surface area contributed by atoms with Gasteiger partial charge in [0, 0.05) is 0 Å². The number of hydrogen-bond donors (Lipinski definition) is 1. The van der Waals surface area contributed by atoms with E-state index in [1.165, 1.54) is 12.3 Å². The Morgan fingerprint density at radius 1 is 1.06 bits per heavy atom. The molecular formula is C27H26N2O6. The lowest BCUT2D eigenvalue weighted by Gasteiger charge is -2.13. The lowest BCUT2D eigenvalue weighted by molar-refractivity contribution is -0.136. The maximum atomic E-state index is 12.4. The molecule has 0 atom stereocenters. The molecule has 1 N–H and O–H groups in total. The standard InChI is InChI=1S/C27H26N2O6/c1-4-32-25-14-20(13-21(15-28)27(31)29-16-22-8-6-12-33-22)10-11-24(25)35-26(30)17-34-23-9-5-7-18(2)19(23)3/h5-14H,4,16-17H2,1-3H3,(H,29,31)/b21-13+. The molecular weight excluding hydrogens is 448 g/mol. The Morgan fingerprint density at radius 3 is 2.60 bits per heavy atom. The summed E-state index contributed by atoms with van der Waals surface area (Å²) in [4.78, 5) is 24.8. The van der Waals surface area contributed by atoms with Crippen LogP contribution in [0.3, 0.4) is 0 Å². The number of rotatable bonds is 10. The fourth-order valence-electron chi connectivity index (χ4n) is 3.13. The summed E-state index contributed by atoms with van der Waals surface area (Å²) in [5.41, 5.74) is 2.45. The quantitative estimate of drug-likeness (QED) is 0.199. The van der Waals surface area contributed by atoms with Crippen molar-refractivity contribution in [1.29, 1.82) is 5.26 Å². The third-order valence-electron chi connectivity index (χ3n) is 5.07. The van der Waals surface area contributed by atoms with Crippen LogP contribution in [0.2, 0.25) is 0 Å². The van der Waals surface area contributed by atoms with Gasteiger partial charge in [-0.3, -0.25) is 4.79 Å². The molecule has 0 radical (unpaired) electrons. The third kappa shape index (κ3) is 6.98. The molecule has 0 saturated heterocycles. The lowest BCUT2D eigenvalue weighted by Crippen LogP contribution is -2.23. The fourth-order valence-corrected chi connectivity index (χ4v) is 3.13. The van der Waals surface area contributed by atoms with E-state index < -0.39 is 11.9 Å². The highest BCUT2D eigenvalue weighted by atomic mass is 16.6. The number of amides is 1. The number of esters is 1. The summed E-state index contributed by atoms with van der Waals surface area (Å²) < 4.78 is 21.8. The first-order chi connectivity index (χ1) is 16.9. The average Bonchev–Trinajstić information content (AvgIpc) is 3.37. The van der Waals surface area contributed by atoms with Crippen molar-refractivity contribution in [2.24, 2.45) is 0 Å². The second-order valence-electron chi connectivity index (χ2n) is 7.53. The highest BCUT2D eigenvalue weighted by Gasteiger charge is 2.15. The van der Waals surface area contributed by atoms with Crippen LogP contribution < -0.4 is 19.5 Å². The van der Waals surface area contributed by atoms with Crippen LogP contribution in [0, 0.1) is 25.2 Å². The van der Waals surface area contributed by atoms with Crippen molar-refractivity contribution in [1.82, 2.24) is 5.32 Å². The molecule has 0 spiro atoms. The van der Waals surface area contributed by atoms with Crippen molar-refractivity contribution < 1.29 is 28.2 Å². The van der Waals surface area contributed by atoms with Crippen LogP contribution in [0.5, 0.6) is 17.2 Å². The monoisotopic (exact) mass is 474 g/mol. The topological polar surface area (TPSA) is 111 Å². The predicted molar refractivity (Wildman–Crippen MR) is 129 cm³/mol. The van der Waals surface area contributed by atoms with Crippen LogP contribution in [-0.2, 0) is 16.1 Å². The number of nitrogens with one attached hydrogen (secondary N) is 1. The van der Waals surface area contributed by atoms with Gasteiger partial charge >= 0.3 is 5.97 Å². The molecule has 0 aliphatic heterocycles. The van der Waals surface area contributed by atoms with Crippen molar-refractivity contribution in [3.63, 3.8) is 0 Å². The SMILES string of the molecule is CCOc1cc(/C=C(\C#N)C(=O)NCc2ccco2)ccc1OC(=O)COc1cccc(C)c1C. The van der Waals surface area contributed by atoms with Gasteiger partial charge in [-0.25, -0.2) is 4.79 Å². The zero-order chi connectivity index (χ0) is 25.2. The zero-order valence-electron chi connectivity index (χ0n) is 19.8. The van der Waals surface area contributed by atoms with Crippen molar-refractivity contribution in [2.75, 3.05) is 13.2 Å². The molecule has 8 heteroatoms. The number of benzene rings is 2. The van der Waals surface area contributed by atoms with Gasteiger partial charge in [0.15, 0.2) is 18.1 Å². The van der Waals surface area contributed by atoms with Gasteiger partial charge < -0.3 is 23.9 Å². The molecule has 2 aromatic carbocycles. The van der Waals surface area contributed by atoms with E-state index in [1.807, 2.05) is 32.0 Å². The molecule has 3 rings (SSSR count). The summed E-state index contributed by atoms with van der Waals surface area (Å²) in [7, 11) is 0. The molecule has 1 heterocycles. The van der Waals surface area contributed by atoms with E-state index in [1.54, 1.807) is 43.3 Å². The number of aryl methyl sites for hydroxylation is 1.